The van der Waals surface area contributed by atoms with Gasteiger partial charge in [0.15, 0.2) is 0 Å². The number of ether oxygens (including phenoxy) is 1. The van der Waals surface area contributed by atoms with Crippen LogP contribution in [0.1, 0.15) is 59.3 Å². The standard InChI is InChI=1S/C21H37N3O2/c1-15(21-11-16-8-17(12-21)10-18(9-16)13-21)23-19(25)22-14-20(2,3)24-4-6-26-7-5-24/h15-18H,4-14H2,1-3H3,(H2,22,23,25). The minimum Gasteiger partial charge on any atom is -0.379 e. The fourth-order valence-electron chi connectivity index (χ4n) is 6.69. The normalized spacial score (nSPS) is 38.2. The third-order valence-electron chi connectivity index (χ3n) is 7.90. The van der Waals surface area contributed by atoms with Gasteiger partial charge in [-0.25, -0.2) is 4.79 Å². The van der Waals surface area contributed by atoms with Crippen molar-refractivity contribution in [3.8, 4) is 0 Å². The van der Waals surface area contributed by atoms with Crippen LogP contribution in [0.25, 0.3) is 0 Å². The van der Waals surface area contributed by atoms with Crippen LogP contribution in [-0.2, 0) is 4.74 Å². The quantitative estimate of drug-likeness (QED) is 0.789. The fraction of sp³-hybridized carbons (Fsp3) is 0.952. The third kappa shape index (κ3) is 3.62. The van der Waals surface area contributed by atoms with Crippen molar-refractivity contribution in [2.24, 2.45) is 23.2 Å². The molecule has 0 radical (unpaired) electrons. The molecular formula is C21H37N3O2. The van der Waals surface area contributed by atoms with E-state index >= 15 is 0 Å². The summed E-state index contributed by atoms with van der Waals surface area (Å²) in [4.78, 5) is 15.0. The molecule has 0 aromatic heterocycles. The molecule has 26 heavy (non-hydrogen) atoms. The summed E-state index contributed by atoms with van der Waals surface area (Å²) in [5, 5.41) is 6.47. The Morgan fingerprint density at radius 1 is 1.12 bits per heavy atom. The number of hydrogen-bond acceptors (Lipinski definition) is 3. The average molecular weight is 364 g/mol. The minimum absolute atomic E-state index is 0.00887. The zero-order chi connectivity index (χ0) is 18.4. The Hall–Kier alpha value is -0.810. The number of carbonyl (C=O) groups is 1. The predicted octanol–water partition coefficient (Wildman–Crippen LogP) is 3.00. The first-order chi connectivity index (χ1) is 12.4. The second kappa shape index (κ2) is 6.97. The lowest BCUT2D eigenvalue weighted by molar-refractivity contribution is -0.0682. The van der Waals surface area contributed by atoms with Gasteiger partial charge in [0.25, 0.3) is 0 Å². The van der Waals surface area contributed by atoms with Crippen LogP contribution < -0.4 is 10.6 Å². The molecule has 0 spiro atoms. The SMILES string of the molecule is CC(NC(=O)NCC(C)(C)N1CCOCC1)C12CC3CC(CC(C3)C1)C2. The Morgan fingerprint density at radius 2 is 1.65 bits per heavy atom. The highest BCUT2D eigenvalue weighted by Gasteiger charge is 2.53. The van der Waals surface area contributed by atoms with Crippen LogP contribution in [0.3, 0.4) is 0 Å². The summed E-state index contributed by atoms with van der Waals surface area (Å²) in [6.45, 7) is 10.8. The van der Waals surface area contributed by atoms with Crippen molar-refractivity contribution in [3.63, 3.8) is 0 Å². The number of nitrogens with zero attached hydrogens (tertiary/aromatic N) is 1. The van der Waals surface area contributed by atoms with Gasteiger partial charge >= 0.3 is 6.03 Å². The van der Waals surface area contributed by atoms with Crippen molar-refractivity contribution < 1.29 is 9.53 Å². The Kier molecular flexibility index (Phi) is 4.98. The van der Waals surface area contributed by atoms with E-state index in [0.717, 1.165) is 44.1 Å². The van der Waals surface area contributed by atoms with Crippen LogP contribution in [0.5, 0.6) is 0 Å². The number of amides is 2. The molecule has 1 atom stereocenters. The molecule has 5 heteroatoms. The first-order valence-corrected chi connectivity index (χ1v) is 10.7. The molecule has 0 aromatic carbocycles. The maximum absolute atomic E-state index is 12.6. The Labute approximate surface area is 158 Å². The molecule has 1 saturated heterocycles. The number of rotatable bonds is 5. The van der Waals surface area contributed by atoms with E-state index in [0.29, 0.717) is 12.0 Å². The van der Waals surface area contributed by atoms with E-state index in [1.165, 1.54) is 38.5 Å². The monoisotopic (exact) mass is 363 g/mol. The molecule has 1 heterocycles. The topological polar surface area (TPSA) is 53.6 Å². The van der Waals surface area contributed by atoms with Crippen LogP contribution in [-0.4, -0.2) is 55.4 Å². The van der Waals surface area contributed by atoms with Crippen LogP contribution in [0.2, 0.25) is 0 Å². The van der Waals surface area contributed by atoms with Gasteiger partial charge in [-0.1, -0.05) is 0 Å². The zero-order valence-corrected chi connectivity index (χ0v) is 16.9. The second-order valence-corrected chi connectivity index (χ2v) is 10.2. The Balaban J connectivity index is 1.29. The molecule has 4 bridgehead atoms. The first-order valence-electron chi connectivity index (χ1n) is 10.7. The number of nitrogens with one attached hydrogen (secondary N) is 2. The number of morpholine rings is 1. The van der Waals surface area contributed by atoms with Gasteiger partial charge in [0, 0.05) is 31.2 Å². The van der Waals surface area contributed by atoms with Crippen LogP contribution in [0, 0.1) is 23.2 Å². The van der Waals surface area contributed by atoms with Gasteiger partial charge in [-0.2, -0.15) is 0 Å². The number of hydrogen-bond donors (Lipinski definition) is 2. The molecule has 5 aliphatic rings. The van der Waals surface area contributed by atoms with E-state index in [4.69, 9.17) is 4.74 Å². The number of carbonyl (C=O) groups excluding carboxylic acids is 1. The third-order valence-corrected chi connectivity index (χ3v) is 7.90. The van der Waals surface area contributed by atoms with E-state index in [9.17, 15) is 4.79 Å². The summed E-state index contributed by atoms with van der Waals surface area (Å²) in [5.41, 5.74) is 0.330. The summed E-state index contributed by atoms with van der Waals surface area (Å²) in [5.74, 6) is 2.77. The van der Waals surface area contributed by atoms with Crippen molar-refractivity contribution in [2.45, 2.75) is 70.9 Å². The van der Waals surface area contributed by atoms with Crippen molar-refractivity contribution in [1.29, 1.82) is 0 Å². The lowest BCUT2D eigenvalue weighted by Gasteiger charge is -2.59. The molecule has 5 nitrogen and oxygen atoms in total. The van der Waals surface area contributed by atoms with Gasteiger partial charge in [0.2, 0.25) is 0 Å². The highest BCUT2D eigenvalue weighted by atomic mass is 16.5. The molecule has 1 aliphatic heterocycles. The fourth-order valence-corrected chi connectivity index (χ4v) is 6.69. The minimum atomic E-state index is -0.0367. The van der Waals surface area contributed by atoms with Gasteiger partial charge in [-0.15, -0.1) is 0 Å². The summed E-state index contributed by atoms with van der Waals surface area (Å²) < 4.78 is 5.45. The summed E-state index contributed by atoms with van der Waals surface area (Å²) in [6, 6.07) is 0.289. The molecule has 2 N–H and O–H groups in total. The molecule has 5 rings (SSSR count). The molecule has 4 saturated carbocycles. The van der Waals surface area contributed by atoms with E-state index < -0.39 is 0 Å². The smallest absolute Gasteiger partial charge is 0.315 e. The van der Waals surface area contributed by atoms with Crippen molar-refractivity contribution in [2.75, 3.05) is 32.8 Å². The number of urea groups is 1. The van der Waals surface area contributed by atoms with Gasteiger partial charge < -0.3 is 15.4 Å². The second-order valence-electron chi connectivity index (χ2n) is 10.2. The lowest BCUT2D eigenvalue weighted by Crippen LogP contribution is -2.59. The molecule has 4 aliphatic carbocycles. The van der Waals surface area contributed by atoms with E-state index in [2.05, 4.69) is 36.3 Å². The molecule has 5 fully saturated rings. The molecule has 2 amide bonds. The zero-order valence-electron chi connectivity index (χ0n) is 16.9. The highest BCUT2D eigenvalue weighted by molar-refractivity contribution is 5.74. The van der Waals surface area contributed by atoms with Gasteiger partial charge in [-0.3, -0.25) is 4.90 Å². The van der Waals surface area contributed by atoms with Gasteiger partial charge in [-0.05, 0) is 82.5 Å². The largest absolute Gasteiger partial charge is 0.379 e. The highest BCUT2D eigenvalue weighted by Crippen LogP contribution is 2.61. The summed E-state index contributed by atoms with van der Waals surface area (Å²) >= 11 is 0. The van der Waals surface area contributed by atoms with E-state index in [1.807, 2.05) is 0 Å². The molecule has 148 valence electrons. The maximum Gasteiger partial charge on any atom is 0.315 e. The summed E-state index contributed by atoms with van der Waals surface area (Å²) in [6.07, 6.45) is 8.35. The van der Waals surface area contributed by atoms with Gasteiger partial charge in [0.05, 0.1) is 13.2 Å². The lowest BCUT2D eigenvalue weighted by atomic mass is 9.48. The maximum atomic E-state index is 12.6. The van der Waals surface area contributed by atoms with Crippen LogP contribution in [0.4, 0.5) is 4.79 Å². The molecular weight excluding hydrogens is 326 g/mol. The van der Waals surface area contributed by atoms with Gasteiger partial charge in [0.1, 0.15) is 0 Å². The van der Waals surface area contributed by atoms with Crippen molar-refractivity contribution in [1.82, 2.24) is 15.5 Å². The predicted molar refractivity (Wildman–Crippen MR) is 103 cm³/mol. The van der Waals surface area contributed by atoms with E-state index in [1.54, 1.807) is 0 Å². The average Bonchev–Trinajstić information content (AvgIpc) is 2.60. The first kappa shape index (κ1) is 18.5. The van der Waals surface area contributed by atoms with Crippen molar-refractivity contribution >= 4 is 6.03 Å². The van der Waals surface area contributed by atoms with Crippen molar-refractivity contribution in [3.05, 3.63) is 0 Å². The van der Waals surface area contributed by atoms with E-state index in [-0.39, 0.29) is 17.6 Å². The Morgan fingerprint density at radius 3 is 2.19 bits per heavy atom. The molecule has 0 aromatic rings. The van der Waals surface area contributed by atoms with Crippen LogP contribution in [0.15, 0.2) is 0 Å². The molecule has 1 unspecified atom stereocenters. The summed E-state index contributed by atoms with van der Waals surface area (Å²) in [7, 11) is 0. The Bertz CT molecular complexity index is 492. The van der Waals surface area contributed by atoms with Crippen LogP contribution >= 0.6 is 0 Å².